The Labute approximate surface area is 108 Å². The third-order valence-corrected chi connectivity index (χ3v) is 2.88. The smallest absolute Gasteiger partial charge is 0.119 e. The predicted octanol–water partition coefficient (Wildman–Crippen LogP) is 5.47. The largest absolute Gasteiger partial charge is 0.697 e. The zero-order valence-corrected chi connectivity index (χ0v) is 12.9. The van der Waals surface area contributed by atoms with E-state index in [2.05, 4.69) is 27.7 Å². The summed E-state index contributed by atoms with van der Waals surface area (Å²) < 4.78 is 20.7. The minimum absolute atomic E-state index is 0.540. The van der Waals surface area contributed by atoms with Crippen LogP contribution in [0.5, 0.6) is 0 Å². The first-order valence-corrected chi connectivity index (χ1v) is 8.05. The Bertz CT molecular complexity index is 138. The van der Waals surface area contributed by atoms with Crippen LogP contribution in [0.4, 0.5) is 0 Å². The number of hydrogen-bond donors (Lipinski definition) is 0. The Morgan fingerprint density at radius 3 is 1.29 bits per heavy atom. The van der Waals surface area contributed by atoms with Gasteiger partial charge in [-0.3, -0.25) is 0 Å². The Hall–Kier alpha value is 0.0200. The fourth-order valence-electron chi connectivity index (χ4n) is 0.958. The van der Waals surface area contributed by atoms with Gasteiger partial charge in [-0.1, -0.05) is 59.8 Å². The molecule has 0 saturated heterocycles. The first kappa shape index (κ1) is 19.4. The normalized spacial score (nSPS) is 9.65. The summed E-state index contributed by atoms with van der Waals surface area (Å²) in [4.78, 5) is 0. The molecule has 0 heterocycles. The summed E-state index contributed by atoms with van der Waals surface area (Å²) >= 11 is 0. The van der Waals surface area contributed by atoms with Gasteiger partial charge in [0.25, 0.3) is 0 Å². The summed E-state index contributed by atoms with van der Waals surface area (Å²) in [6.45, 7) is 9.63. The maximum Gasteiger partial charge on any atom is 0.697 e. The average molecular weight is 265 g/mol. The number of rotatable bonds is 10. The molecule has 0 amide bonds. The van der Waals surface area contributed by atoms with Crippen molar-refractivity contribution >= 4 is 8.25 Å². The summed E-state index contributed by atoms with van der Waals surface area (Å²) in [5.41, 5.74) is 0. The lowest BCUT2D eigenvalue weighted by atomic mass is 10.3. The van der Waals surface area contributed by atoms with Crippen LogP contribution >= 0.6 is 8.25 Å². The monoisotopic (exact) mass is 265 g/mol. The second-order valence-electron chi connectivity index (χ2n) is 3.95. The van der Waals surface area contributed by atoms with Gasteiger partial charge in [-0.2, -0.15) is 0 Å². The van der Waals surface area contributed by atoms with Crippen molar-refractivity contribution in [2.45, 2.75) is 72.6 Å². The molecule has 4 heteroatoms. The molecule has 0 fully saturated rings. The fraction of sp³-hybridized carbons (Fsp3) is 1.00. The summed E-state index contributed by atoms with van der Waals surface area (Å²) in [7, 11) is -1.85. The Morgan fingerprint density at radius 1 is 0.706 bits per heavy atom. The molecule has 0 rings (SSSR count). The number of hydrogen-bond acceptors (Lipinski definition) is 3. The van der Waals surface area contributed by atoms with Crippen molar-refractivity contribution in [2.75, 3.05) is 13.2 Å². The van der Waals surface area contributed by atoms with Gasteiger partial charge in [0.05, 0.1) is 0 Å². The average Bonchev–Trinajstić information content (AvgIpc) is 2.32. The van der Waals surface area contributed by atoms with Crippen molar-refractivity contribution in [1.29, 1.82) is 0 Å². The maximum atomic E-state index is 10.9. The molecule has 0 saturated carbocycles. The minimum Gasteiger partial charge on any atom is -0.119 e. The van der Waals surface area contributed by atoms with Crippen LogP contribution in [0.3, 0.4) is 0 Å². The first-order chi connectivity index (χ1) is 8.22. The lowest BCUT2D eigenvalue weighted by molar-refractivity contribution is 0.221. The van der Waals surface area contributed by atoms with E-state index < -0.39 is 8.25 Å². The highest BCUT2D eigenvalue weighted by Crippen LogP contribution is 2.24. The molecule has 0 radical (unpaired) electrons. The van der Waals surface area contributed by atoms with Gasteiger partial charge in [0.15, 0.2) is 0 Å². The van der Waals surface area contributed by atoms with Crippen molar-refractivity contribution < 1.29 is 13.6 Å². The van der Waals surface area contributed by atoms with E-state index in [4.69, 9.17) is 9.05 Å². The SMILES string of the molecule is CCCCC.CCCCO[P+](=O)OCCCC. The third-order valence-electron chi connectivity index (χ3n) is 2.10. The van der Waals surface area contributed by atoms with E-state index in [0.717, 1.165) is 25.7 Å². The molecular formula is C13H30O3P+. The molecule has 0 N–H and O–H groups in total. The molecule has 0 aliphatic heterocycles. The van der Waals surface area contributed by atoms with Crippen molar-refractivity contribution in [2.24, 2.45) is 0 Å². The Balaban J connectivity index is 0. The third kappa shape index (κ3) is 21.8. The van der Waals surface area contributed by atoms with Crippen molar-refractivity contribution in [1.82, 2.24) is 0 Å². The lowest BCUT2D eigenvalue weighted by Crippen LogP contribution is -1.90. The van der Waals surface area contributed by atoms with E-state index in [1.807, 2.05) is 0 Å². The van der Waals surface area contributed by atoms with Gasteiger partial charge in [0, 0.05) is 4.57 Å². The van der Waals surface area contributed by atoms with Crippen LogP contribution in [0.25, 0.3) is 0 Å². The molecule has 0 bridgehead atoms. The second kappa shape index (κ2) is 18.4. The fourth-order valence-corrected chi connectivity index (χ4v) is 1.59. The molecule has 104 valence electrons. The van der Waals surface area contributed by atoms with E-state index in [1.54, 1.807) is 0 Å². The minimum atomic E-state index is -1.85. The summed E-state index contributed by atoms with van der Waals surface area (Å²) in [5, 5.41) is 0. The second-order valence-corrected chi connectivity index (χ2v) is 4.91. The first-order valence-electron chi connectivity index (χ1n) is 6.95. The van der Waals surface area contributed by atoms with E-state index in [9.17, 15) is 4.57 Å². The van der Waals surface area contributed by atoms with Crippen molar-refractivity contribution in [3.63, 3.8) is 0 Å². The van der Waals surface area contributed by atoms with Crippen LogP contribution in [-0.4, -0.2) is 13.2 Å². The van der Waals surface area contributed by atoms with Crippen LogP contribution in [0.15, 0.2) is 0 Å². The van der Waals surface area contributed by atoms with Gasteiger partial charge in [0.1, 0.15) is 13.2 Å². The summed E-state index contributed by atoms with van der Waals surface area (Å²) in [6, 6.07) is 0. The molecule has 0 aliphatic carbocycles. The molecule has 0 aromatic rings. The highest BCUT2D eigenvalue weighted by Gasteiger charge is 2.18. The van der Waals surface area contributed by atoms with Gasteiger partial charge >= 0.3 is 8.25 Å². The number of unbranched alkanes of at least 4 members (excludes halogenated alkanes) is 4. The van der Waals surface area contributed by atoms with Crippen LogP contribution in [-0.2, 0) is 13.6 Å². The quantitative estimate of drug-likeness (QED) is 0.388. The van der Waals surface area contributed by atoms with Gasteiger partial charge in [-0.25, -0.2) is 0 Å². The van der Waals surface area contributed by atoms with Gasteiger partial charge in [-0.05, 0) is 12.8 Å². The van der Waals surface area contributed by atoms with Gasteiger partial charge < -0.3 is 0 Å². The Kier molecular flexibility index (Phi) is 20.9. The standard InChI is InChI=1S/C8H18O3P.C5H12/c1-3-5-7-10-12(9)11-8-6-4-2;1-3-5-4-2/h3-8H2,1-2H3;3-5H2,1-2H3/q+1;. The summed E-state index contributed by atoms with van der Waals surface area (Å²) in [5.74, 6) is 0. The van der Waals surface area contributed by atoms with Crippen molar-refractivity contribution in [3.8, 4) is 0 Å². The highest BCUT2D eigenvalue weighted by molar-refractivity contribution is 7.33. The predicted molar refractivity (Wildman–Crippen MR) is 74.5 cm³/mol. The molecule has 0 aromatic carbocycles. The maximum absolute atomic E-state index is 10.9. The van der Waals surface area contributed by atoms with E-state index in [0.29, 0.717) is 13.2 Å². The zero-order valence-electron chi connectivity index (χ0n) is 12.0. The molecule has 0 spiro atoms. The van der Waals surface area contributed by atoms with E-state index >= 15 is 0 Å². The van der Waals surface area contributed by atoms with E-state index in [1.165, 1.54) is 19.3 Å². The zero-order chi connectivity index (χ0) is 13.4. The lowest BCUT2D eigenvalue weighted by Gasteiger charge is -1.89. The van der Waals surface area contributed by atoms with Crippen LogP contribution < -0.4 is 0 Å². The molecular weight excluding hydrogens is 235 g/mol. The van der Waals surface area contributed by atoms with Crippen LogP contribution in [0.2, 0.25) is 0 Å². The molecule has 0 unspecified atom stereocenters. The van der Waals surface area contributed by atoms with Crippen LogP contribution in [0.1, 0.15) is 72.6 Å². The molecule has 0 aliphatic rings. The highest BCUT2D eigenvalue weighted by atomic mass is 31.1. The molecule has 0 atom stereocenters. The van der Waals surface area contributed by atoms with Crippen molar-refractivity contribution in [3.05, 3.63) is 0 Å². The topological polar surface area (TPSA) is 35.5 Å². The van der Waals surface area contributed by atoms with Gasteiger partial charge in [0.2, 0.25) is 0 Å². The van der Waals surface area contributed by atoms with Crippen LogP contribution in [0, 0.1) is 0 Å². The van der Waals surface area contributed by atoms with E-state index in [-0.39, 0.29) is 0 Å². The molecule has 0 aromatic heterocycles. The molecule has 3 nitrogen and oxygen atoms in total. The summed E-state index contributed by atoms with van der Waals surface area (Å²) in [6.07, 6.45) is 8.07. The molecule has 17 heavy (non-hydrogen) atoms. The van der Waals surface area contributed by atoms with Gasteiger partial charge in [-0.15, -0.1) is 9.05 Å². The Morgan fingerprint density at radius 2 is 1.06 bits per heavy atom.